The van der Waals surface area contributed by atoms with Crippen LogP contribution < -0.4 is 10.6 Å². The van der Waals surface area contributed by atoms with Crippen molar-refractivity contribution in [3.8, 4) is 0 Å². The van der Waals surface area contributed by atoms with Crippen LogP contribution in [0.15, 0.2) is 54.9 Å². The van der Waals surface area contributed by atoms with Crippen LogP contribution in [0.5, 0.6) is 0 Å². The number of carbonyl (C=O) groups is 1. The lowest BCUT2D eigenvalue weighted by molar-refractivity contribution is -0.121. The first-order valence-electron chi connectivity index (χ1n) is 7.97. The maximum atomic E-state index is 14.0. The molecule has 0 atom stereocenters. The Hall–Kier alpha value is -3.02. The number of rotatable bonds is 5. The Labute approximate surface area is 145 Å². The van der Waals surface area contributed by atoms with Crippen molar-refractivity contribution in [3.05, 3.63) is 66.2 Å². The summed E-state index contributed by atoms with van der Waals surface area (Å²) < 4.78 is 14.0. The van der Waals surface area contributed by atoms with Crippen LogP contribution in [0.25, 0.3) is 10.9 Å². The lowest BCUT2D eigenvalue weighted by Gasteiger charge is -2.27. The van der Waals surface area contributed by atoms with Gasteiger partial charge in [-0.05, 0) is 32.0 Å². The molecule has 0 saturated carbocycles. The summed E-state index contributed by atoms with van der Waals surface area (Å²) in [6.07, 6.45) is 1.45. The fourth-order valence-electron chi connectivity index (χ4n) is 2.74. The molecule has 0 aliphatic heterocycles. The Morgan fingerprint density at radius 1 is 1.08 bits per heavy atom. The number of fused-ring (bicyclic) bond motifs is 1. The molecule has 2 N–H and O–H groups in total. The number of hydrogen-bond donors (Lipinski definition) is 2. The molecule has 0 aliphatic carbocycles. The molecule has 0 aliphatic rings. The van der Waals surface area contributed by atoms with Crippen molar-refractivity contribution in [1.29, 1.82) is 0 Å². The van der Waals surface area contributed by atoms with E-state index in [1.165, 1.54) is 12.4 Å². The molecule has 1 aromatic heterocycles. The van der Waals surface area contributed by atoms with Crippen molar-refractivity contribution in [1.82, 2.24) is 15.3 Å². The van der Waals surface area contributed by atoms with E-state index in [2.05, 4.69) is 20.6 Å². The molecule has 1 heterocycles. The molecule has 0 fully saturated rings. The molecule has 25 heavy (non-hydrogen) atoms. The summed E-state index contributed by atoms with van der Waals surface area (Å²) in [5.74, 6) is -0.0112. The second kappa shape index (κ2) is 6.84. The van der Waals surface area contributed by atoms with Crippen molar-refractivity contribution < 1.29 is 9.18 Å². The molecule has 6 heteroatoms. The molecule has 0 bridgehead atoms. The largest absolute Gasteiger partial charge is 0.360 e. The highest BCUT2D eigenvalue weighted by atomic mass is 19.1. The Bertz CT molecular complexity index is 905. The first kappa shape index (κ1) is 16.8. The van der Waals surface area contributed by atoms with E-state index in [1.54, 1.807) is 32.0 Å². The number of nitrogens with one attached hydrogen (secondary N) is 2. The summed E-state index contributed by atoms with van der Waals surface area (Å²) in [6, 6.07) is 14.0. The molecule has 0 radical (unpaired) electrons. The highest BCUT2D eigenvalue weighted by Crippen LogP contribution is 2.23. The van der Waals surface area contributed by atoms with E-state index < -0.39 is 5.54 Å². The number of anilines is 1. The third kappa shape index (κ3) is 3.74. The molecule has 0 saturated heterocycles. The predicted octanol–water partition coefficient (Wildman–Crippen LogP) is 3.23. The van der Waals surface area contributed by atoms with Crippen molar-refractivity contribution in [2.75, 3.05) is 11.9 Å². The van der Waals surface area contributed by atoms with Crippen molar-refractivity contribution >= 4 is 22.6 Å². The maximum absolute atomic E-state index is 14.0. The van der Waals surface area contributed by atoms with Crippen LogP contribution in [0.3, 0.4) is 0 Å². The second-order valence-corrected chi connectivity index (χ2v) is 6.25. The Morgan fingerprint density at radius 2 is 1.80 bits per heavy atom. The summed E-state index contributed by atoms with van der Waals surface area (Å²) in [7, 11) is 0. The zero-order valence-electron chi connectivity index (χ0n) is 14.1. The van der Waals surface area contributed by atoms with E-state index >= 15 is 0 Å². The van der Waals surface area contributed by atoms with Crippen LogP contribution >= 0.6 is 0 Å². The fraction of sp³-hybridized carbons (Fsp3) is 0.211. The number of carbonyl (C=O) groups excluding carboxylic acids is 1. The Balaban J connectivity index is 1.69. The molecule has 5 nitrogen and oxygen atoms in total. The fourth-order valence-corrected chi connectivity index (χ4v) is 2.74. The van der Waals surface area contributed by atoms with Gasteiger partial charge >= 0.3 is 0 Å². The third-order valence-corrected chi connectivity index (χ3v) is 3.96. The van der Waals surface area contributed by atoms with Crippen molar-refractivity contribution in [2.45, 2.75) is 19.4 Å². The molecular formula is C19H19FN4O. The normalized spacial score (nSPS) is 11.3. The van der Waals surface area contributed by atoms with E-state index in [0.29, 0.717) is 11.4 Å². The monoisotopic (exact) mass is 338 g/mol. The smallest absolute Gasteiger partial charge is 0.240 e. The van der Waals surface area contributed by atoms with Crippen molar-refractivity contribution in [3.63, 3.8) is 0 Å². The first-order chi connectivity index (χ1) is 12.0. The topological polar surface area (TPSA) is 66.9 Å². The van der Waals surface area contributed by atoms with Gasteiger partial charge in [-0.15, -0.1) is 0 Å². The van der Waals surface area contributed by atoms with Gasteiger partial charge in [-0.2, -0.15) is 0 Å². The molecule has 1 amide bonds. The van der Waals surface area contributed by atoms with Gasteiger partial charge in [-0.1, -0.05) is 30.3 Å². The van der Waals surface area contributed by atoms with Gasteiger partial charge in [-0.25, -0.2) is 14.4 Å². The zero-order chi connectivity index (χ0) is 17.9. The van der Waals surface area contributed by atoms with Gasteiger partial charge in [0, 0.05) is 10.9 Å². The van der Waals surface area contributed by atoms with Crippen LogP contribution in [0.1, 0.15) is 19.4 Å². The van der Waals surface area contributed by atoms with E-state index in [-0.39, 0.29) is 18.3 Å². The number of aromatic nitrogens is 2. The van der Waals surface area contributed by atoms with E-state index in [0.717, 1.165) is 10.9 Å². The molecule has 128 valence electrons. The van der Waals surface area contributed by atoms with Gasteiger partial charge in [0.15, 0.2) is 0 Å². The molecule has 2 aromatic carbocycles. The lowest BCUT2D eigenvalue weighted by atomic mass is 9.93. The quantitative estimate of drug-likeness (QED) is 0.749. The molecule has 0 unspecified atom stereocenters. The van der Waals surface area contributed by atoms with Gasteiger partial charge in [0.2, 0.25) is 5.91 Å². The maximum Gasteiger partial charge on any atom is 0.240 e. The van der Waals surface area contributed by atoms with Gasteiger partial charge in [-0.3, -0.25) is 4.79 Å². The predicted molar refractivity (Wildman–Crippen MR) is 95.6 cm³/mol. The first-order valence-corrected chi connectivity index (χ1v) is 7.97. The molecule has 3 aromatic rings. The van der Waals surface area contributed by atoms with Gasteiger partial charge < -0.3 is 10.6 Å². The van der Waals surface area contributed by atoms with Crippen LogP contribution in [-0.2, 0) is 10.3 Å². The highest BCUT2D eigenvalue weighted by molar-refractivity contribution is 5.90. The number of benzene rings is 2. The average molecular weight is 338 g/mol. The summed E-state index contributed by atoms with van der Waals surface area (Å²) in [6.45, 7) is 3.56. The minimum atomic E-state index is -0.822. The summed E-state index contributed by atoms with van der Waals surface area (Å²) in [5.41, 5.74) is 0.417. The molecule has 0 spiro atoms. The van der Waals surface area contributed by atoms with Crippen LogP contribution in [-0.4, -0.2) is 22.4 Å². The Morgan fingerprint density at radius 3 is 2.60 bits per heavy atom. The number of amides is 1. The van der Waals surface area contributed by atoms with E-state index in [9.17, 15) is 9.18 Å². The standard InChI is InChI=1S/C19H19FN4O/c1-19(2,14-8-4-5-9-15(14)20)24-17(25)11-21-18-13-7-3-6-10-16(13)22-12-23-18/h3-10,12H,11H2,1-2H3,(H,24,25)(H,21,22,23). The number of hydrogen-bond acceptors (Lipinski definition) is 4. The highest BCUT2D eigenvalue weighted by Gasteiger charge is 2.25. The lowest BCUT2D eigenvalue weighted by Crippen LogP contribution is -2.44. The molecule has 3 rings (SSSR count). The summed E-state index contributed by atoms with van der Waals surface area (Å²) in [4.78, 5) is 20.7. The van der Waals surface area contributed by atoms with Crippen molar-refractivity contribution in [2.24, 2.45) is 0 Å². The van der Waals surface area contributed by atoms with Gasteiger partial charge in [0.1, 0.15) is 18.0 Å². The van der Waals surface area contributed by atoms with Crippen LogP contribution in [0, 0.1) is 5.82 Å². The van der Waals surface area contributed by atoms with E-state index in [4.69, 9.17) is 0 Å². The minimum absolute atomic E-state index is 0.0267. The second-order valence-electron chi connectivity index (χ2n) is 6.25. The third-order valence-electron chi connectivity index (χ3n) is 3.96. The average Bonchev–Trinajstić information content (AvgIpc) is 2.59. The summed E-state index contributed by atoms with van der Waals surface area (Å²) >= 11 is 0. The van der Waals surface area contributed by atoms with Gasteiger partial charge in [0.05, 0.1) is 17.6 Å². The zero-order valence-corrected chi connectivity index (χ0v) is 14.1. The minimum Gasteiger partial charge on any atom is -0.360 e. The summed E-state index contributed by atoms with van der Waals surface area (Å²) in [5, 5.41) is 6.71. The SMILES string of the molecule is CC(C)(NC(=O)CNc1ncnc2ccccc12)c1ccccc1F. The number of nitrogens with zero attached hydrogens (tertiary/aromatic N) is 2. The van der Waals surface area contributed by atoms with Gasteiger partial charge in [0.25, 0.3) is 0 Å². The number of halogens is 1. The van der Waals surface area contributed by atoms with Crippen LogP contribution in [0.4, 0.5) is 10.2 Å². The Kier molecular flexibility index (Phi) is 4.61. The van der Waals surface area contributed by atoms with Crippen LogP contribution in [0.2, 0.25) is 0 Å². The van der Waals surface area contributed by atoms with E-state index in [1.807, 2.05) is 24.3 Å². The number of para-hydroxylation sites is 1. The molecular weight excluding hydrogens is 319 g/mol.